The second kappa shape index (κ2) is 3.60. The minimum absolute atomic E-state index is 0.212. The fourth-order valence-corrected chi connectivity index (χ4v) is 1.26. The lowest BCUT2D eigenvalue weighted by atomic mass is 10.1. The Morgan fingerprint density at radius 2 is 1.69 bits per heavy atom. The van der Waals surface area contributed by atoms with Crippen molar-refractivity contribution in [1.29, 1.82) is 0 Å². The van der Waals surface area contributed by atoms with Crippen LogP contribution in [0, 0.1) is 13.8 Å². The predicted molar refractivity (Wildman–Crippen MR) is 47.0 cm³/mol. The number of aryl methyl sites for hydroxylation is 2. The van der Waals surface area contributed by atoms with Crippen molar-refractivity contribution in [3.63, 3.8) is 0 Å². The third kappa shape index (κ3) is 2.31. The summed E-state index contributed by atoms with van der Waals surface area (Å²) in [5.41, 5.74) is 7.31. The molecule has 0 aliphatic rings. The second-order valence-electron chi connectivity index (χ2n) is 2.86. The molecule has 0 amide bonds. The fraction of sp³-hybridized carbons (Fsp3) is 0.333. The predicted octanol–water partition coefficient (Wildman–Crippen LogP) is 2.49. The molecule has 0 bridgehead atoms. The highest BCUT2D eigenvalue weighted by atomic mass is 19.3. The van der Waals surface area contributed by atoms with Crippen molar-refractivity contribution in [2.75, 3.05) is 5.73 Å². The van der Waals surface area contributed by atoms with Gasteiger partial charge in [0.25, 0.3) is 0 Å². The van der Waals surface area contributed by atoms with Gasteiger partial charge >= 0.3 is 6.61 Å². The molecule has 2 nitrogen and oxygen atoms in total. The van der Waals surface area contributed by atoms with E-state index in [9.17, 15) is 8.78 Å². The van der Waals surface area contributed by atoms with Crippen molar-refractivity contribution in [3.05, 3.63) is 23.3 Å². The number of benzene rings is 1. The Bertz CT molecular complexity index is 289. The molecule has 0 aliphatic carbocycles. The van der Waals surface area contributed by atoms with Crippen LogP contribution in [-0.2, 0) is 0 Å². The molecule has 1 aromatic carbocycles. The molecular weight excluding hydrogens is 176 g/mol. The Kier molecular flexibility index (Phi) is 2.70. The Labute approximate surface area is 75.3 Å². The summed E-state index contributed by atoms with van der Waals surface area (Å²) in [5, 5.41) is 0. The van der Waals surface area contributed by atoms with E-state index >= 15 is 0 Å². The Hall–Kier alpha value is -1.32. The van der Waals surface area contributed by atoms with Crippen molar-refractivity contribution in [3.8, 4) is 5.75 Å². The standard InChI is InChI=1S/C9H11F2NO/c1-5-3-7(12)4-6(2)8(5)13-9(10)11/h3-4,9H,12H2,1-2H3. The molecule has 0 aliphatic heterocycles. The monoisotopic (exact) mass is 187 g/mol. The molecular formula is C9H11F2NO. The molecule has 0 unspecified atom stereocenters. The molecule has 0 aromatic heterocycles. The highest BCUT2D eigenvalue weighted by Crippen LogP contribution is 2.27. The zero-order chi connectivity index (χ0) is 10.0. The van der Waals surface area contributed by atoms with Gasteiger partial charge in [0, 0.05) is 5.69 Å². The van der Waals surface area contributed by atoms with Gasteiger partial charge in [-0.3, -0.25) is 0 Å². The lowest BCUT2D eigenvalue weighted by Gasteiger charge is -2.11. The highest BCUT2D eigenvalue weighted by molar-refractivity contribution is 5.52. The van der Waals surface area contributed by atoms with E-state index in [1.165, 1.54) is 0 Å². The van der Waals surface area contributed by atoms with Crippen LogP contribution in [0.5, 0.6) is 5.75 Å². The summed E-state index contributed by atoms with van der Waals surface area (Å²) in [4.78, 5) is 0. The summed E-state index contributed by atoms with van der Waals surface area (Å²) >= 11 is 0. The highest BCUT2D eigenvalue weighted by Gasteiger charge is 2.10. The zero-order valence-electron chi connectivity index (χ0n) is 7.47. The van der Waals surface area contributed by atoms with Gasteiger partial charge in [-0.1, -0.05) is 0 Å². The minimum Gasteiger partial charge on any atom is -0.434 e. The maximum Gasteiger partial charge on any atom is 0.387 e. The SMILES string of the molecule is Cc1cc(N)cc(C)c1OC(F)F. The normalized spacial score (nSPS) is 10.5. The van der Waals surface area contributed by atoms with Crippen LogP contribution < -0.4 is 10.5 Å². The van der Waals surface area contributed by atoms with Gasteiger partial charge in [-0.25, -0.2) is 0 Å². The van der Waals surface area contributed by atoms with Crippen LogP contribution >= 0.6 is 0 Å². The Morgan fingerprint density at radius 1 is 1.23 bits per heavy atom. The first-order valence-electron chi connectivity index (χ1n) is 3.82. The summed E-state index contributed by atoms with van der Waals surface area (Å²) in [6, 6.07) is 3.20. The van der Waals surface area contributed by atoms with Gasteiger partial charge in [0.05, 0.1) is 0 Å². The summed E-state index contributed by atoms with van der Waals surface area (Å²) < 4.78 is 28.2. The van der Waals surface area contributed by atoms with Crippen LogP contribution in [0.25, 0.3) is 0 Å². The number of hydrogen-bond donors (Lipinski definition) is 1. The van der Waals surface area contributed by atoms with Crippen molar-refractivity contribution in [1.82, 2.24) is 0 Å². The number of rotatable bonds is 2. The van der Waals surface area contributed by atoms with Crippen molar-refractivity contribution < 1.29 is 13.5 Å². The van der Waals surface area contributed by atoms with Gasteiger partial charge in [0.2, 0.25) is 0 Å². The second-order valence-corrected chi connectivity index (χ2v) is 2.86. The van der Waals surface area contributed by atoms with Crippen molar-refractivity contribution in [2.45, 2.75) is 20.5 Å². The molecule has 1 rings (SSSR count). The molecule has 0 saturated carbocycles. The maximum absolute atomic E-state index is 11.9. The smallest absolute Gasteiger partial charge is 0.387 e. The molecule has 0 fully saturated rings. The van der Waals surface area contributed by atoms with E-state index < -0.39 is 6.61 Å². The molecule has 0 spiro atoms. The van der Waals surface area contributed by atoms with Gasteiger partial charge in [-0.2, -0.15) is 8.78 Å². The molecule has 0 radical (unpaired) electrons. The number of anilines is 1. The van der Waals surface area contributed by atoms with Crippen molar-refractivity contribution in [2.24, 2.45) is 0 Å². The first-order chi connectivity index (χ1) is 6.00. The lowest BCUT2D eigenvalue weighted by Crippen LogP contribution is -2.05. The third-order valence-corrected chi connectivity index (χ3v) is 1.69. The third-order valence-electron chi connectivity index (χ3n) is 1.69. The van der Waals surface area contributed by atoms with Gasteiger partial charge < -0.3 is 10.5 Å². The molecule has 0 heterocycles. The van der Waals surface area contributed by atoms with Gasteiger partial charge in [0.15, 0.2) is 0 Å². The minimum atomic E-state index is -2.79. The number of alkyl halides is 2. The van der Waals surface area contributed by atoms with E-state index in [2.05, 4.69) is 4.74 Å². The molecule has 1 aromatic rings. The van der Waals surface area contributed by atoms with E-state index in [-0.39, 0.29) is 5.75 Å². The number of nitrogens with two attached hydrogens (primary N) is 1. The summed E-state index contributed by atoms with van der Waals surface area (Å²) in [7, 11) is 0. The summed E-state index contributed by atoms with van der Waals surface area (Å²) in [5.74, 6) is 0.212. The average molecular weight is 187 g/mol. The molecule has 0 atom stereocenters. The Morgan fingerprint density at radius 3 is 2.08 bits per heavy atom. The van der Waals surface area contributed by atoms with Gasteiger partial charge in [0.1, 0.15) is 5.75 Å². The zero-order valence-corrected chi connectivity index (χ0v) is 7.47. The van der Waals surface area contributed by atoms with E-state index in [1.54, 1.807) is 26.0 Å². The summed E-state index contributed by atoms with van der Waals surface area (Å²) in [6.45, 7) is 0.573. The molecule has 2 N–H and O–H groups in total. The van der Waals surface area contributed by atoms with Crippen LogP contribution in [0.2, 0.25) is 0 Å². The maximum atomic E-state index is 11.9. The number of ether oxygens (including phenoxy) is 1. The molecule has 0 saturated heterocycles. The largest absolute Gasteiger partial charge is 0.434 e. The number of halogens is 2. The topological polar surface area (TPSA) is 35.2 Å². The molecule has 72 valence electrons. The lowest BCUT2D eigenvalue weighted by molar-refractivity contribution is -0.0507. The van der Waals surface area contributed by atoms with Gasteiger partial charge in [-0.15, -0.1) is 0 Å². The first kappa shape index (κ1) is 9.77. The van der Waals surface area contributed by atoms with Crippen LogP contribution in [0.4, 0.5) is 14.5 Å². The van der Waals surface area contributed by atoms with E-state index in [1.807, 2.05) is 0 Å². The molecule has 4 heteroatoms. The van der Waals surface area contributed by atoms with Crippen molar-refractivity contribution >= 4 is 5.69 Å². The summed E-state index contributed by atoms with van der Waals surface area (Å²) in [6.07, 6.45) is 0. The van der Waals surface area contributed by atoms with Crippen LogP contribution in [0.3, 0.4) is 0 Å². The van der Waals surface area contributed by atoms with E-state index in [4.69, 9.17) is 5.73 Å². The average Bonchev–Trinajstić information content (AvgIpc) is 1.96. The number of nitrogen functional groups attached to an aromatic ring is 1. The van der Waals surface area contributed by atoms with E-state index in [0.717, 1.165) is 0 Å². The van der Waals surface area contributed by atoms with Crippen LogP contribution in [0.15, 0.2) is 12.1 Å². The van der Waals surface area contributed by atoms with Crippen LogP contribution in [-0.4, -0.2) is 6.61 Å². The Balaban J connectivity index is 3.06. The first-order valence-corrected chi connectivity index (χ1v) is 3.82. The fourth-order valence-electron chi connectivity index (χ4n) is 1.26. The van der Waals surface area contributed by atoms with Gasteiger partial charge in [-0.05, 0) is 37.1 Å². The van der Waals surface area contributed by atoms with E-state index in [0.29, 0.717) is 16.8 Å². The molecule has 13 heavy (non-hydrogen) atoms. The van der Waals surface area contributed by atoms with Crippen LogP contribution in [0.1, 0.15) is 11.1 Å². The quantitative estimate of drug-likeness (QED) is 0.722. The number of hydrogen-bond acceptors (Lipinski definition) is 2.